The Hall–Kier alpha value is -3.34. The molecule has 0 fully saturated rings. The van der Waals surface area contributed by atoms with Crippen LogP contribution in [0.4, 0.5) is 5.82 Å². The van der Waals surface area contributed by atoms with E-state index in [0.29, 0.717) is 23.9 Å². The van der Waals surface area contributed by atoms with E-state index in [1.807, 2.05) is 36.4 Å². The lowest BCUT2D eigenvalue weighted by atomic mass is 10.2. The van der Waals surface area contributed by atoms with Gasteiger partial charge in [0, 0.05) is 6.20 Å². The predicted molar refractivity (Wildman–Crippen MR) is 104 cm³/mol. The fourth-order valence-corrected chi connectivity index (χ4v) is 2.33. The van der Waals surface area contributed by atoms with Gasteiger partial charge in [-0.3, -0.25) is 5.43 Å². The highest BCUT2D eigenvalue weighted by Gasteiger charge is 2.05. The first-order chi connectivity index (χ1) is 12.7. The van der Waals surface area contributed by atoms with Crippen molar-refractivity contribution in [2.45, 2.75) is 13.5 Å². The number of ether oxygens (including phenoxy) is 2. The average Bonchev–Trinajstić information content (AvgIpc) is 2.69. The molecule has 1 heterocycles. The number of aryl methyl sites for hydroxylation is 1. The molecule has 5 heteroatoms. The number of hydrazone groups is 1. The second-order valence-electron chi connectivity index (χ2n) is 5.77. The van der Waals surface area contributed by atoms with E-state index >= 15 is 0 Å². The van der Waals surface area contributed by atoms with E-state index in [4.69, 9.17) is 9.47 Å². The number of rotatable bonds is 7. The minimum Gasteiger partial charge on any atom is -0.493 e. The van der Waals surface area contributed by atoms with E-state index in [2.05, 4.69) is 46.7 Å². The highest BCUT2D eigenvalue weighted by atomic mass is 16.5. The van der Waals surface area contributed by atoms with Crippen molar-refractivity contribution < 1.29 is 9.47 Å². The van der Waals surface area contributed by atoms with Crippen LogP contribution in [0.15, 0.2) is 72.0 Å². The highest BCUT2D eigenvalue weighted by molar-refractivity contribution is 5.81. The lowest BCUT2D eigenvalue weighted by Gasteiger charge is -2.11. The molecule has 2 aromatic carbocycles. The molecule has 0 bridgehead atoms. The molecular weight excluding hydrogens is 326 g/mol. The van der Waals surface area contributed by atoms with Gasteiger partial charge in [-0.25, -0.2) is 4.98 Å². The molecule has 0 aliphatic rings. The van der Waals surface area contributed by atoms with Crippen LogP contribution in [0, 0.1) is 6.92 Å². The summed E-state index contributed by atoms with van der Waals surface area (Å²) in [5, 5.41) is 4.18. The Morgan fingerprint density at radius 2 is 1.88 bits per heavy atom. The summed E-state index contributed by atoms with van der Waals surface area (Å²) in [6, 6.07) is 19.6. The molecule has 132 valence electrons. The fourth-order valence-electron chi connectivity index (χ4n) is 2.33. The van der Waals surface area contributed by atoms with Crippen molar-refractivity contribution >= 4 is 12.0 Å². The van der Waals surface area contributed by atoms with Gasteiger partial charge in [0.25, 0.3) is 0 Å². The van der Waals surface area contributed by atoms with Crippen LogP contribution in [0.2, 0.25) is 0 Å². The predicted octanol–water partition coefficient (Wildman–Crippen LogP) is 4.42. The monoisotopic (exact) mass is 347 g/mol. The van der Waals surface area contributed by atoms with Gasteiger partial charge in [0.15, 0.2) is 11.5 Å². The molecule has 0 atom stereocenters. The summed E-state index contributed by atoms with van der Waals surface area (Å²) in [7, 11) is 1.63. The summed E-state index contributed by atoms with van der Waals surface area (Å²) in [4.78, 5) is 4.15. The zero-order valence-corrected chi connectivity index (χ0v) is 14.8. The molecule has 0 spiro atoms. The fraction of sp³-hybridized carbons (Fsp3) is 0.143. The number of nitrogens with zero attached hydrogens (tertiary/aromatic N) is 2. The third-order valence-corrected chi connectivity index (χ3v) is 3.76. The molecular formula is C21H21N3O2. The Bertz CT molecular complexity index is 862. The van der Waals surface area contributed by atoms with Crippen LogP contribution in [0.3, 0.4) is 0 Å². The number of benzene rings is 2. The van der Waals surface area contributed by atoms with Gasteiger partial charge in [-0.1, -0.05) is 35.9 Å². The van der Waals surface area contributed by atoms with Crippen LogP contribution in [0.5, 0.6) is 11.5 Å². The minimum atomic E-state index is 0.491. The van der Waals surface area contributed by atoms with Gasteiger partial charge in [0.1, 0.15) is 12.4 Å². The van der Waals surface area contributed by atoms with Crippen molar-refractivity contribution in [3.63, 3.8) is 0 Å². The Balaban J connectivity index is 1.64. The topological polar surface area (TPSA) is 55.7 Å². The SMILES string of the molecule is COc1cc(/C=N/Nc2ccccn2)ccc1OCc1ccc(C)cc1. The maximum Gasteiger partial charge on any atom is 0.161 e. The van der Waals surface area contributed by atoms with Crippen LogP contribution < -0.4 is 14.9 Å². The molecule has 1 N–H and O–H groups in total. The average molecular weight is 347 g/mol. The first kappa shape index (κ1) is 17.5. The Labute approximate surface area is 153 Å². The standard InChI is InChI=1S/C21H21N3O2/c1-16-6-8-17(9-7-16)15-26-19-11-10-18(13-20(19)25-2)14-23-24-21-5-3-4-12-22-21/h3-14H,15H2,1-2H3,(H,22,24)/b23-14+. The Morgan fingerprint density at radius 1 is 1.04 bits per heavy atom. The number of hydrogen-bond donors (Lipinski definition) is 1. The van der Waals surface area contributed by atoms with Crippen LogP contribution >= 0.6 is 0 Å². The number of methoxy groups -OCH3 is 1. The maximum atomic E-state index is 5.89. The van der Waals surface area contributed by atoms with Gasteiger partial charge < -0.3 is 9.47 Å². The van der Waals surface area contributed by atoms with Gasteiger partial charge in [0.05, 0.1) is 13.3 Å². The van der Waals surface area contributed by atoms with Crippen LogP contribution in [0.1, 0.15) is 16.7 Å². The summed E-state index contributed by atoms with van der Waals surface area (Å²) in [5.41, 5.74) is 6.12. The second kappa shape index (κ2) is 8.67. The van der Waals surface area contributed by atoms with Gasteiger partial charge in [0.2, 0.25) is 0 Å². The van der Waals surface area contributed by atoms with Gasteiger partial charge >= 0.3 is 0 Å². The number of anilines is 1. The summed E-state index contributed by atoms with van der Waals surface area (Å²) >= 11 is 0. The maximum absolute atomic E-state index is 5.89. The summed E-state index contributed by atoms with van der Waals surface area (Å²) in [6.07, 6.45) is 3.42. The molecule has 0 radical (unpaired) electrons. The molecule has 0 aliphatic carbocycles. The summed E-state index contributed by atoms with van der Waals surface area (Å²) < 4.78 is 11.3. The smallest absolute Gasteiger partial charge is 0.161 e. The molecule has 0 amide bonds. The molecule has 1 aromatic heterocycles. The number of pyridine rings is 1. The highest BCUT2D eigenvalue weighted by Crippen LogP contribution is 2.28. The van der Waals surface area contributed by atoms with E-state index in [0.717, 1.165) is 11.1 Å². The first-order valence-electron chi connectivity index (χ1n) is 8.31. The number of aromatic nitrogens is 1. The number of hydrogen-bond acceptors (Lipinski definition) is 5. The van der Waals surface area contributed by atoms with Crippen molar-refractivity contribution in [2.75, 3.05) is 12.5 Å². The largest absolute Gasteiger partial charge is 0.493 e. The van der Waals surface area contributed by atoms with Crippen molar-refractivity contribution in [2.24, 2.45) is 5.10 Å². The van der Waals surface area contributed by atoms with Crippen molar-refractivity contribution in [3.05, 3.63) is 83.6 Å². The van der Waals surface area contributed by atoms with Crippen LogP contribution in [-0.4, -0.2) is 18.3 Å². The Morgan fingerprint density at radius 3 is 2.62 bits per heavy atom. The quantitative estimate of drug-likeness (QED) is 0.508. The lowest BCUT2D eigenvalue weighted by Crippen LogP contribution is -1.99. The zero-order valence-electron chi connectivity index (χ0n) is 14.8. The molecule has 3 aromatic rings. The van der Waals surface area contributed by atoms with Crippen LogP contribution in [-0.2, 0) is 6.61 Å². The van der Waals surface area contributed by atoms with Gasteiger partial charge in [-0.2, -0.15) is 5.10 Å². The molecule has 5 nitrogen and oxygen atoms in total. The normalized spacial score (nSPS) is 10.7. The molecule has 0 aliphatic heterocycles. The second-order valence-corrected chi connectivity index (χ2v) is 5.77. The van der Waals surface area contributed by atoms with Gasteiger partial charge in [-0.05, 0) is 48.4 Å². The molecule has 26 heavy (non-hydrogen) atoms. The zero-order chi connectivity index (χ0) is 18.2. The van der Waals surface area contributed by atoms with Gasteiger partial charge in [-0.15, -0.1) is 0 Å². The third kappa shape index (κ3) is 4.83. The summed E-state index contributed by atoms with van der Waals surface area (Å²) in [5.74, 6) is 2.05. The van der Waals surface area contributed by atoms with Crippen molar-refractivity contribution in [1.29, 1.82) is 0 Å². The Kier molecular flexibility index (Phi) is 5.83. The van der Waals surface area contributed by atoms with E-state index < -0.39 is 0 Å². The van der Waals surface area contributed by atoms with E-state index in [1.54, 1.807) is 19.5 Å². The van der Waals surface area contributed by atoms with E-state index in [1.165, 1.54) is 5.56 Å². The molecule has 0 saturated carbocycles. The summed E-state index contributed by atoms with van der Waals surface area (Å²) in [6.45, 7) is 2.56. The first-order valence-corrected chi connectivity index (χ1v) is 8.31. The van der Waals surface area contributed by atoms with Crippen LogP contribution in [0.25, 0.3) is 0 Å². The molecule has 0 saturated heterocycles. The van der Waals surface area contributed by atoms with Crippen molar-refractivity contribution in [3.8, 4) is 11.5 Å². The van der Waals surface area contributed by atoms with Crippen molar-refractivity contribution in [1.82, 2.24) is 4.98 Å². The lowest BCUT2D eigenvalue weighted by molar-refractivity contribution is 0.284. The van der Waals surface area contributed by atoms with E-state index in [9.17, 15) is 0 Å². The minimum absolute atomic E-state index is 0.491. The van der Waals surface area contributed by atoms with E-state index in [-0.39, 0.29) is 0 Å². The molecule has 3 rings (SSSR count). The third-order valence-electron chi connectivity index (χ3n) is 3.76. The number of nitrogens with one attached hydrogen (secondary N) is 1. The molecule has 0 unspecified atom stereocenters.